The Bertz CT molecular complexity index is 566. The van der Waals surface area contributed by atoms with Gasteiger partial charge in [-0.3, -0.25) is 9.69 Å². The molecule has 6 heteroatoms. The minimum atomic E-state index is -2.84. The van der Waals surface area contributed by atoms with Crippen molar-refractivity contribution in [1.82, 2.24) is 4.90 Å². The third-order valence-corrected chi connectivity index (χ3v) is 5.30. The summed E-state index contributed by atoms with van der Waals surface area (Å²) in [5.41, 5.74) is 1.85. The third kappa shape index (κ3) is 3.80. The molecule has 1 unspecified atom stereocenters. The van der Waals surface area contributed by atoms with Crippen LogP contribution in [0.1, 0.15) is 24.0 Å². The Morgan fingerprint density at radius 1 is 1.25 bits per heavy atom. The van der Waals surface area contributed by atoms with Crippen LogP contribution in [0.4, 0.5) is 0 Å². The maximum absolute atomic E-state index is 11.3. The van der Waals surface area contributed by atoms with E-state index in [4.69, 9.17) is 5.11 Å². The molecule has 2 rings (SSSR count). The van der Waals surface area contributed by atoms with E-state index in [1.54, 1.807) is 6.92 Å². The molecule has 1 saturated heterocycles. The van der Waals surface area contributed by atoms with Gasteiger partial charge in [0.05, 0.1) is 17.4 Å². The first-order valence-electron chi connectivity index (χ1n) is 6.62. The van der Waals surface area contributed by atoms with Crippen LogP contribution in [0.15, 0.2) is 24.3 Å². The molecule has 110 valence electrons. The van der Waals surface area contributed by atoms with Gasteiger partial charge in [-0.2, -0.15) is 0 Å². The summed E-state index contributed by atoms with van der Waals surface area (Å²) in [6.45, 7) is 3.50. The Labute approximate surface area is 119 Å². The molecule has 5 nitrogen and oxygen atoms in total. The first-order valence-corrected chi connectivity index (χ1v) is 8.44. The molecule has 0 aromatic heterocycles. The van der Waals surface area contributed by atoms with Crippen molar-refractivity contribution >= 4 is 15.8 Å². The van der Waals surface area contributed by atoms with Crippen LogP contribution < -0.4 is 0 Å². The predicted molar refractivity (Wildman–Crippen MR) is 76.4 cm³/mol. The third-order valence-electron chi connectivity index (χ3n) is 3.69. The molecule has 0 amide bonds. The molecule has 1 fully saturated rings. The zero-order chi connectivity index (χ0) is 14.8. The smallest absolute Gasteiger partial charge is 0.310 e. The fourth-order valence-corrected chi connectivity index (χ4v) is 3.50. The van der Waals surface area contributed by atoms with Gasteiger partial charge in [-0.15, -0.1) is 0 Å². The number of sulfone groups is 1. The second-order valence-electron chi connectivity index (χ2n) is 5.23. The number of rotatable bonds is 4. The van der Waals surface area contributed by atoms with Gasteiger partial charge in [0, 0.05) is 19.6 Å². The molecule has 1 aliphatic heterocycles. The number of aliphatic carboxylic acids is 1. The quantitative estimate of drug-likeness (QED) is 0.901. The number of carbonyl (C=O) groups is 1. The van der Waals surface area contributed by atoms with Crippen molar-refractivity contribution in [3.63, 3.8) is 0 Å². The molecule has 0 spiro atoms. The van der Waals surface area contributed by atoms with E-state index < -0.39 is 21.7 Å². The summed E-state index contributed by atoms with van der Waals surface area (Å²) in [5.74, 6) is -0.898. The highest BCUT2D eigenvalue weighted by Gasteiger charge is 2.21. The fraction of sp³-hybridized carbons (Fsp3) is 0.500. The van der Waals surface area contributed by atoms with E-state index in [0.717, 1.165) is 11.1 Å². The zero-order valence-corrected chi connectivity index (χ0v) is 12.3. The number of hydrogen-bond acceptors (Lipinski definition) is 4. The summed E-state index contributed by atoms with van der Waals surface area (Å²) in [5, 5.41) is 8.95. The van der Waals surface area contributed by atoms with Crippen LogP contribution in [0.5, 0.6) is 0 Å². The summed E-state index contributed by atoms with van der Waals surface area (Å²) < 4.78 is 22.7. The monoisotopic (exact) mass is 297 g/mol. The highest BCUT2D eigenvalue weighted by molar-refractivity contribution is 7.91. The molecule has 1 aromatic rings. The summed E-state index contributed by atoms with van der Waals surface area (Å²) in [6, 6.07) is 7.49. The highest BCUT2D eigenvalue weighted by atomic mass is 32.2. The Morgan fingerprint density at radius 2 is 1.80 bits per heavy atom. The summed E-state index contributed by atoms with van der Waals surface area (Å²) in [7, 11) is -2.84. The topological polar surface area (TPSA) is 74.7 Å². The molecule has 1 atom stereocenters. The van der Waals surface area contributed by atoms with Crippen molar-refractivity contribution in [2.45, 2.75) is 19.4 Å². The molecular weight excluding hydrogens is 278 g/mol. The lowest BCUT2D eigenvalue weighted by Crippen LogP contribution is -2.39. The molecule has 1 heterocycles. The second-order valence-corrected chi connectivity index (χ2v) is 7.53. The average Bonchev–Trinajstić information content (AvgIpc) is 2.41. The van der Waals surface area contributed by atoms with Crippen molar-refractivity contribution in [1.29, 1.82) is 0 Å². The number of nitrogens with zero attached hydrogens (tertiary/aromatic N) is 1. The van der Waals surface area contributed by atoms with Gasteiger partial charge in [0.15, 0.2) is 9.84 Å². The molecule has 1 aromatic carbocycles. The van der Waals surface area contributed by atoms with Gasteiger partial charge in [-0.25, -0.2) is 8.42 Å². The molecule has 20 heavy (non-hydrogen) atoms. The first-order chi connectivity index (χ1) is 9.37. The van der Waals surface area contributed by atoms with Crippen LogP contribution in [0.2, 0.25) is 0 Å². The Balaban J connectivity index is 1.96. The Morgan fingerprint density at radius 3 is 2.30 bits per heavy atom. The molecule has 0 radical (unpaired) electrons. The maximum Gasteiger partial charge on any atom is 0.310 e. The van der Waals surface area contributed by atoms with Crippen molar-refractivity contribution < 1.29 is 18.3 Å². The van der Waals surface area contributed by atoms with Crippen LogP contribution in [-0.4, -0.2) is 49.0 Å². The minimum Gasteiger partial charge on any atom is -0.481 e. The van der Waals surface area contributed by atoms with Gasteiger partial charge in [0.2, 0.25) is 0 Å². The summed E-state index contributed by atoms with van der Waals surface area (Å²) >= 11 is 0. The van der Waals surface area contributed by atoms with Gasteiger partial charge in [0.25, 0.3) is 0 Å². The molecule has 1 aliphatic rings. The summed E-state index contributed by atoms with van der Waals surface area (Å²) in [4.78, 5) is 13.0. The van der Waals surface area contributed by atoms with Gasteiger partial charge in [0.1, 0.15) is 0 Å². The number of carboxylic acid groups (broad SMARTS) is 1. The van der Waals surface area contributed by atoms with Gasteiger partial charge >= 0.3 is 5.97 Å². The van der Waals surface area contributed by atoms with Crippen LogP contribution in [0, 0.1) is 0 Å². The van der Waals surface area contributed by atoms with E-state index >= 15 is 0 Å². The van der Waals surface area contributed by atoms with E-state index in [-0.39, 0.29) is 11.5 Å². The van der Waals surface area contributed by atoms with E-state index in [9.17, 15) is 13.2 Å². The van der Waals surface area contributed by atoms with Crippen molar-refractivity contribution in [2.75, 3.05) is 24.6 Å². The Hall–Kier alpha value is -1.40. The first kappa shape index (κ1) is 15.0. The lowest BCUT2D eigenvalue weighted by molar-refractivity contribution is -0.138. The van der Waals surface area contributed by atoms with Crippen LogP contribution in [0.25, 0.3) is 0 Å². The van der Waals surface area contributed by atoms with E-state index in [1.165, 1.54) is 0 Å². The molecule has 0 aliphatic carbocycles. The van der Waals surface area contributed by atoms with Gasteiger partial charge < -0.3 is 5.11 Å². The minimum absolute atomic E-state index is 0.223. The van der Waals surface area contributed by atoms with Gasteiger partial charge in [-0.05, 0) is 18.1 Å². The lowest BCUT2D eigenvalue weighted by atomic mass is 10.00. The molecule has 1 N–H and O–H groups in total. The van der Waals surface area contributed by atoms with Crippen LogP contribution >= 0.6 is 0 Å². The SMILES string of the molecule is CC(C(=O)O)c1ccc(CN2CCS(=O)(=O)CC2)cc1. The molecule has 0 saturated carbocycles. The summed E-state index contributed by atoms with van der Waals surface area (Å²) in [6.07, 6.45) is 0. The number of hydrogen-bond donors (Lipinski definition) is 1. The van der Waals surface area contributed by atoms with Crippen LogP contribution in [-0.2, 0) is 21.2 Å². The predicted octanol–water partition coefficient (Wildman–Crippen LogP) is 1.11. The van der Waals surface area contributed by atoms with Crippen molar-refractivity contribution in [3.8, 4) is 0 Å². The van der Waals surface area contributed by atoms with Gasteiger partial charge in [-0.1, -0.05) is 24.3 Å². The molecular formula is C14H19NO4S. The molecule has 0 bridgehead atoms. The second kappa shape index (κ2) is 5.93. The standard InChI is InChI=1S/C14H19NO4S/c1-11(14(16)17)13-4-2-12(3-5-13)10-15-6-8-20(18,19)9-7-15/h2-5,11H,6-10H2,1H3,(H,16,17). The highest BCUT2D eigenvalue weighted by Crippen LogP contribution is 2.17. The average molecular weight is 297 g/mol. The Kier molecular flexibility index (Phi) is 4.45. The largest absolute Gasteiger partial charge is 0.481 e. The number of benzene rings is 1. The van der Waals surface area contributed by atoms with E-state index in [0.29, 0.717) is 19.6 Å². The van der Waals surface area contributed by atoms with Crippen molar-refractivity contribution in [2.24, 2.45) is 0 Å². The van der Waals surface area contributed by atoms with Crippen LogP contribution in [0.3, 0.4) is 0 Å². The maximum atomic E-state index is 11.3. The zero-order valence-electron chi connectivity index (χ0n) is 11.4. The normalized spacial score (nSPS) is 20.4. The van der Waals surface area contributed by atoms with E-state index in [2.05, 4.69) is 4.90 Å². The lowest BCUT2D eigenvalue weighted by Gasteiger charge is -2.26. The van der Waals surface area contributed by atoms with Crippen molar-refractivity contribution in [3.05, 3.63) is 35.4 Å². The number of carboxylic acids is 1. The van der Waals surface area contributed by atoms with E-state index in [1.807, 2.05) is 24.3 Å². The fourth-order valence-electron chi connectivity index (χ4n) is 2.22.